The molecular formula is C7H8IN3. The van der Waals surface area contributed by atoms with E-state index in [0.29, 0.717) is 15.0 Å². The standard InChI is InChI=1S/C7H8IN3/c1-4-2-6(9)5(3-11-4)7(8)10/h2-3,10H,1H3,(H2,9,11). The van der Waals surface area contributed by atoms with Crippen LogP contribution in [0.15, 0.2) is 12.3 Å². The molecule has 0 aromatic carbocycles. The van der Waals surface area contributed by atoms with Crippen LogP contribution in [0.5, 0.6) is 0 Å². The number of rotatable bonds is 1. The third-order valence-electron chi connectivity index (χ3n) is 1.31. The second kappa shape index (κ2) is 3.17. The third kappa shape index (κ3) is 1.89. The molecule has 1 aromatic rings. The van der Waals surface area contributed by atoms with Crippen LogP contribution in [0.25, 0.3) is 0 Å². The van der Waals surface area contributed by atoms with Crippen LogP contribution in [-0.4, -0.2) is 8.70 Å². The minimum atomic E-state index is 0.424. The lowest BCUT2D eigenvalue weighted by molar-refractivity contribution is 1.20. The Bertz CT molecular complexity index is 296. The summed E-state index contributed by atoms with van der Waals surface area (Å²) in [5.41, 5.74) is 7.84. The number of nitrogen functional groups attached to an aromatic ring is 1. The van der Waals surface area contributed by atoms with Gasteiger partial charge in [-0.25, -0.2) is 0 Å². The fourth-order valence-corrected chi connectivity index (χ4v) is 1.22. The highest BCUT2D eigenvalue weighted by Crippen LogP contribution is 2.14. The highest BCUT2D eigenvalue weighted by Gasteiger charge is 2.02. The smallest absolute Gasteiger partial charge is 0.103 e. The average molecular weight is 261 g/mol. The summed E-state index contributed by atoms with van der Waals surface area (Å²) in [5, 5.41) is 7.31. The van der Waals surface area contributed by atoms with Crippen molar-refractivity contribution in [2.45, 2.75) is 6.92 Å². The summed E-state index contributed by atoms with van der Waals surface area (Å²) in [6.07, 6.45) is 1.62. The molecule has 0 saturated heterocycles. The van der Waals surface area contributed by atoms with E-state index in [0.717, 1.165) is 5.69 Å². The third-order valence-corrected chi connectivity index (χ3v) is 1.89. The van der Waals surface area contributed by atoms with Gasteiger partial charge in [-0.1, -0.05) is 0 Å². The van der Waals surface area contributed by atoms with Gasteiger partial charge in [0, 0.05) is 23.1 Å². The van der Waals surface area contributed by atoms with Gasteiger partial charge in [-0.15, -0.1) is 0 Å². The Morgan fingerprint density at radius 2 is 2.36 bits per heavy atom. The van der Waals surface area contributed by atoms with E-state index in [9.17, 15) is 0 Å². The van der Waals surface area contributed by atoms with Crippen molar-refractivity contribution in [1.29, 1.82) is 5.41 Å². The van der Waals surface area contributed by atoms with Crippen molar-refractivity contribution >= 4 is 32.0 Å². The monoisotopic (exact) mass is 261 g/mol. The molecule has 0 fully saturated rings. The molecule has 0 unspecified atom stereocenters. The summed E-state index contributed by atoms with van der Waals surface area (Å²) >= 11 is 1.91. The zero-order valence-corrected chi connectivity index (χ0v) is 8.21. The minimum Gasteiger partial charge on any atom is -0.398 e. The van der Waals surface area contributed by atoms with E-state index >= 15 is 0 Å². The molecule has 1 rings (SSSR count). The fourth-order valence-electron chi connectivity index (χ4n) is 0.764. The summed E-state index contributed by atoms with van der Waals surface area (Å²) in [4.78, 5) is 4.04. The number of anilines is 1. The first-order valence-corrected chi connectivity index (χ1v) is 4.15. The van der Waals surface area contributed by atoms with Gasteiger partial charge in [0.25, 0.3) is 0 Å². The molecule has 0 aliphatic carbocycles. The molecule has 0 saturated carbocycles. The second-order valence-corrected chi connectivity index (χ2v) is 3.31. The summed E-state index contributed by atoms with van der Waals surface area (Å²) in [5.74, 6) is 0. The highest BCUT2D eigenvalue weighted by atomic mass is 127. The zero-order chi connectivity index (χ0) is 8.43. The molecule has 58 valence electrons. The van der Waals surface area contributed by atoms with Gasteiger partial charge in [0.05, 0.1) is 0 Å². The number of nitrogens with zero attached hydrogens (tertiary/aromatic N) is 1. The Morgan fingerprint density at radius 3 is 2.82 bits per heavy atom. The minimum absolute atomic E-state index is 0.424. The first-order valence-electron chi connectivity index (χ1n) is 3.08. The van der Waals surface area contributed by atoms with Crippen molar-refractivity contribution in [3.05, 3.63) is 23.5 Å². The molecule has 11 heavy (non-hydrogen) atoms. The predicted octanol–water partition coefficient (Wildman–Crippen LogP) is 1.73. The quantitative estimate of drug-likeness (QED) is 0.597. The predicted molar refractivity (Wildman–Crippen MR) is 54.2 cm³/mol. The Kier molecular flexibility index (Phi) is 2.43. The largest absolute Gasteiger partial charge is 0.398 e. The van der Waals surface area contributed by atoms with Gasteiger partial charge in [0.1, 0.15) is 3.72 Å². The number of hydrogen-bond donors (Lipinski definition) is 2. The van der Waals surface area contributed by atoms with E-state index in [2.05, 4.69) is 4.98 Å². The number of aryl methyl sites for hydroxylation is 1. The molecule has 4 heteroatoms. The molecule has 3 N–H and O–H groups in total. The maximum atomic E-state index is 7.31. The van der Waals surface area contributed by atoms with Crippen LogP contribution in [0.4, 0.5) is 5.69 Å². The van der Waals surface area contributed by atoms with Crippen LogP contribution in [0.2, 0.25) is 0 Å². The Morgan fingerprint density at radius 1 is 1.73 bits per heavy atom. The maximum Gasteiger partial charge on any atom is 0.103 e. The normalized spacial score (nSPS) is 9.64. The van der Waals surface area contributed by atoms with E-state index in [-0.39, 0.29) is 0 Å². The van der Waals surface area contributed by atoms with Gasteiger partial charge in [-0.05, 0) is 35.6 Å². The van der Waals surface area contributed by atoms with Crippen LogP contribution in [0.1, 0.15) is 11.3 Å². The second-order valence-electron chi connectivity index (χ2n) is 2.23. The first-order chi connectivity index (χ1) is 5.11. The number of nitrogens with one attached hydrogen (secondary N) is 1. The molecule has 0 radical (unpaired) electrons. The number of nitrogens with two attached hydrogens (primary N) is 1. The number of aromatic nitrogens is 1. The van der Waals surface area contributed by atoms with Crippen LogP contribution in [0.3, 0.4) is 0 Å². The zero-order valence-electron chi connectivity index (χ0n) is 6.06. The lowest BCUT2D eigenvalue weighted by Gasteiger charge is -2.01. The first kappa shape index (κ1) is 8.45. The van der Waals surface area contributed by atoms with E-state index in [1.807, 2.05) is 29.5 Å². The molecule has 0 amide bonds. The maximum absolute atomic E-state index is 7.31. The van der Waals surface area contributed by atoms with Crippen LogP contribution in [0, 0.1) is 12.3 Å². The van der Waals surface area contributed by atoms with Gasteiger partial charge >= 0.3 is 0 Å². The van der Waals surface area contributed by atoms with Gasteiger partial charge in [0.15, 0.2) is 0 Å². The van der Waals surface area contributed by atoms with Gasteiger partial charge in [-0.3, -0.25) is 10.4 Å². The molecule has 0 aliphatic heterocycles. The summed E-state index contributed by atoms with van der Waals surface area (Å²) in [6, 6.07) is 1.77. The van der Waals surface area contributed by atoms with Crippen molar-refractivity contribution < 1.29 is 0 Å². The summed E-state index contributed by atoms with van der Waals surface area (Å²) < 4.78 is 0.424. The van der Waals surface area contributed by atoms with Gasteiger partial charge < -0.3 is 5.73 Å². The van der Waals surface area contributed by atoms with E-state index < -0.39 is 0 Å². The molecule has 0 bridgehead atoms. The number of pyridine rings is 1. The molecule has 0 aliphatic rings. The molecule has 0 atom stereocenters. The SMILES string of the molecule is Cc1cc(N)c(C(=N)I)cn1. The number of halogens is 1. The van der Waals surface area contributed by atoms with E-state index in [1.54, 1.807) is 12.3 Å². The van der Waals surface area contributed by atoms with Crippen molar-refractivity contribution in [3.63, 3.8) is 0 Å². The van der Waals surface area contributed by atoms with Crippen LogP contribution < -0.4 is 5.73 Å². The van der Waals surface area contributed by atoms with Gasteiger partial charge in [-0.2, -0.15) is 0 Å². The van der Waals surface area contributed by atoms with Crippen molar-refractivity contribution in [2.75, 3.05) is 5.73 Å². The summed E-state index contributed by atoms with van der Waals surface area (Å²) in [6.45, 7) is 1.87. The molecule has 1 heterocycles. The Labute approximate surface area is 78.7 Å². The van der Waals surface area contributed by atoms with E-state index in [1.165, 1.54) is 0 Å². The van der Waals surface area contributed by atoms with Crippen molar-refractivity contribution in [2.24, 2.45) is 0 Å². The number of hydrogen-bond acceptors (Lipinski definition) is 3. The summed E-state index contributed by atoms with van der Waals surface area (Å²) in [7, 11) is 0. The molecule has 0 spiro atoms. The lowest BCUT2D eigenvalue weighted by atomic mass is 10.2. The van der Waals surface area contributed by atoms with Crippen LogP contribution in [-0.2, 0) is 0 Å². The fraction of sp³-hybridized carbons (Fsp3) is 0.143. The molecule has 1 aromatic heterocycles. The van der Waals surface area contributed by atoms with Gasteiger partial charge in [0.2, 0.25) is 0 Å². The van der Waals surface area contributed by atoms with Crippen LogP contribution >= 0.6 is 22.6 Å². The molecular weight excluding hydrogens is 253 g/mol. The Hall–Kier alpha value is -0.650. The van der Waals surface area contributed by atoms with Crippen molar-refractivity contribution in [1.82, 2.24) is 4.98 Å². The van der Waals surface area contributed by atoms with Crippen molar-refractivity contribution in [3.8, 4) is 0 Å². The lowest BCUT2D eigenvalue weighted by Crippen LogP contribution is -1.98. The average Bonchev–Trinajstić information content (AvgIpc) is 1.85. The topological polar surface area (TPSA) is 62.8 Å². The Balaban J connectivity index is 3.20. The molecule has 3 nitrogen and oxygen atoms in total. The highest BCUT2D eigenvalue weighted by molar-refractivity contribution is 14.1. The van der Waals surface area contributed by atoms with E-state index in [4.69, 9.17) is 11.1 Å².